The first-order valence-corrected chi connectivity index (χ1v) is 10.3. The van der Waals surface area contributed by atoms with Crippen LogP contribution in [0.2, 0.25) is 4.34 Å². The molecule has 2 aliphatic rings. The third kappa shape index (κ3) is 2.48. The summed E-state index contributed by atoms with van der Waals surface area (Å²) in [6, 6.07) is 3.13. The Kier molecular flexibility index (Phi) is 3.92. The van der Waals surface area contributed by atoms with Crippen LogP contribution in [0.25, 0.3) is 0 Å². The fourth-order valence-electron chi connectivity index (χ4n) is 3.10. The molecule has 128 valence electrons. The van der Waals surface area contributed by atoms with Gasteiger partial charge in [0.2, 0.25) is 0 Å². The molecule has 24 heavy (non-hydrogen) atoms. The van der Waals surface area contributed by atoms with Crippen LogP contribution in [0.1, 0.15) is 30.4 Å². The van der Waals surface area contributed by atoms with E-state index in [1.165, 1.54) is 10.4 Å². The zero-order chi connectivity index (χ0) is 16.9. The number of hydrogen-bond acceptors (Lipinski definition) is 6. The number of sulfonamides is 1. The molecular weight excluding hydrogens is 370 g/mol. The number of aromatic nitrogens is 2. The van der Waals surface area contributed by atoms with Gasteiger partial charge in [0, 0.05) is 31.3 Å². The molecule has 2 aromatic heterocycles. The number of hydrogen-bond donors (Lipinski definition) is 0. The molecule has 0 saturated carbocycles. The summed E-state index contributed by atoms with van der Waals surface area (Å²) in [7, 11) is -3.52. The molecule has 0 atom stereocenters. The minimum absolute atomic E-state index is 0.259. The number of aryl methyl sites for hydroxylation is 1. The molecule has 2 aliphatic heterocycles. The molecule has 9 heteroatoms. The molecule has 1 saturated heterocycles. The molecule has 0 unspecified atom stereocenters. The Balaban J connectivity index is 1.56. The van der Waals surface area contributed by atoms with Gasteiger partial charge < -0.3 is 4.74 Å². The second-order valence-electron chi connectivity index (χ2n) is 6.01. The Morgan fingerprint density at radius 2 is 2.21 bits per heavy atom. The van der Waals surface area contributed by atoms with Crippen molar-refractivity contribution in [1.29, 1.82) is 0 Å². The second kappa shape index (κ2) is 5.74. The topological polar surface area (TPSA) is 72.4 Å². The third-order valence-electron chi connectivity index (χ3n) is 4.37. The average molecular weight is 386 g/mol. The zero-order valence-electron chi connectivity index (χ0n) is 13.0. The molecule has 0 amide bonds. The van der Waals surface area contributed by atoms with E-state index in [9.17, 15) is 8.42 Å². The number of nitrogens with zero attached hydrogens (tertiary/aromatic N) is 3. The molecule has 0 bridgehead atoms. The van der Waals surface area contributed by atoms with E-state index in [-0.39, 0.29) is 17.3 Å². The first kappa shape index (κ1) is 16.4. The average Bonchev–Trinajstić information content (AvgIpc) is 3.10. The van der Waals surface area contributed by atoms with Crippen molar-refractivity contribution in [2.75, 3.05) is 13.1 Å². The standard InChI is InChI=1S/C15H16ClN3O3S2/c1-2-3-13-17-6-10-11(18-13)7-22-15(10)8-19(9-15)24(20,21)14-5-4-12(16)23-14/h4-6H,2-3,7-9H2,1H3. The second-order valence-corrected chi connectivity index (χ2v) is 9.89. The highest BCUT2D eigenvalue weighted by atomic mass is 35.5. The normalized spacial score (nSPS) is 19.4. The number of ether oxygens (including phenoxy) is 1. The summed E-state index contributed by atoms with van der Waals surface area (Å²) >= 11 is 6.92. The van der Waals surface area contributed by atoms with E-state index in [0.29, 0.717) is 10.9 Å². The summed E-state index contributed by atoms with van der Waals surface area (Å²) in [4.78, 5) is 8.94. The van der Waals surface area contributed by atoms with Crippen molar-refractivity contribution in [2.24, 2.45) is 0 Å². The minimum Gasteiger partial charge on any atom is -0.361 e. The SMILES string of the molecule is CCCc1ncc2c(n1)COC21CN(S(=O)(=O)c2ccc(Cl)s2)C1. The van der Waals surface area contributed by atoms with Crippen molar-refractivity contribution in [2.45, 2.75) is 36.2 Å². The van der Waals surface area contributed by atoms with Crippen LogP contribution in [0.15, 0.2) is 22.5 Å². The Hall–Kier alpha value is -1.06. The first-order valence-electron chi connectivity index (χ1n) is 7.69. The van der Waals surface area contributed by atoms with Crippen LogP contribution in [0.5, 0.6) is 0 Å². The van der Waals surface area contributed by atoms with Gasteiger partial charge >= 0.3 is 0 Å². The predicted octanol–water partition coefficient (Wildman–Crippen LogP) is 2.57. The highest BCUT2D eigenvalue weighted by molar-refractivity contribution is 7.91. The van der Waals surface area contributed by atoms with Gasteiger partial charge in [0.25, 0.3) is 10.0 Å². The van der Waals surface area contributed by atoms with Crippen molar-refractivity contribution < 1.29 is 13.2 Å². The molecule has 4 heterocycles. The largest absolute Gasteiger partial charge is 0.361 e. The Morgan fingerprint density at radius 3 is 2.88 bits per heavy atom. The van der Waals surface area contributed by atoms with Crippen LogP contribution >= 0.6 is 22.9 Å². The van der Waals surface area contributed by atoms with Crippen LogP contribution < -0.4 is 0 Å². The van der Waals surface area contributed by atoms with Gasteiger partial charge in [0.15, 0.2) is 0 Å². The van der Waals surface area contributed by atoms with Crippen LogP contribution in [0, 0.1) is 0 Å². The van der Waals surface area contributed by atoms with Crippen molar-refractivity contribution in [3.8, 4) is 0 Å². The Bertz CT molecular complexity index is 891. The fraction of sp³-hybridized carbons (Fsp3) is 0.467. The Morgan fingerprint density at radius 1 is 1.42 bits per heavy atom. The molecule has 1 fully saturated rings. The van der Waals surface area contributed by atoms with E-state index in [1.807, 2.05) is 0 Å². The predicted molar refractivity (Wildman–Crippen MR) is 90.6 cm³/mol. The van der Waals surface area contributed by atoms with Gasteiger partial charge in [-0.25, -0.2) is 18.4 Å². The molecule has 1 spiro atoms. The van der Waals surface area contributed by atoms with Gasteiger partial charge in [0.05, 0.1) is 16.6 Å². The van der Waals surface area contributed by atoms with E-state index in [2.05, 4.69) is 16.9 Å². The maximum absolute atomic E-state index is 12.6. The van der Waals surface area contributed by atoms with Crippen molar-refractivity contribution in [3.05, 3.63) is 39.7 Å². The highest BCUT2D eigenvalue weighted by Crippen LogP contribution is 2.45. The maximum Gasteiger partial charge on any atom is 0.252 e. The number of rotatable bonds is 4. The molecule has 0 aromatic carbocycles. The highest BCUT2D eigenvalue weighted by Gasteiger charge is 2.55. The summed E-state index contributed by atoms with van der Waals surface area (Å²) in [6.07, 6.45) is 3.62. The fourth-order valence-corrected chi connectivity index (χ4v) is 6.27. The number of thiophene rings is 1. The summed E-state index contributed by atoms with van der Waals surface area (Å²) < 4.78 is 33.3. The van der Waals surface area contributed by atoms with Crippen LogP contribution in [0.4, 0.5) is 0 Å². The molecular formula is C15H16ClN3O3S2. The van der Waals surface area contributed by atoms with Crippen LogP contribution in [-0.2, 0) is 33.4 Å². The van der Waals surface area contributed by atoms with Gasteiger partial charge in [-0.2, -0.15) is 4.31 Å². The lowest BCUT2D eigenvalue weighted by Gasteiger charge is -2.45. The van der Waals surface area contributed by atoms with Gasteiger partial charge in [-0.15, -0.1) is 11.3 Å². The van der Waals surface area contributed by atoms with Crippen molar-refractivity contribution >= 4 is 33.0 Å². The van der Waals surface area contributed by atoms with Gasteiger partial charge in [-0.3, -0.25) is 0 Å². The number of halogens is 1. The monoisotopic (exact) mass is 385 g/mol. The summed E-state index contributed by atoms with van der Waals surface area (Å²) in [5, 5.41) is 0. The van der Waals surface area contributed by atoms with E-state index in [0.717, 1.165) is 41.3 Å². The van der Waals surface area contributed by atoms with Gasteiger partial charge in [0.1, 0.15) is 15.6 Å². The third-order valence-corrected chi connectivity index (χ3v) is 7.86. The lowest BCUT2D eigenvalue weighted by molar-refractivity contribution is -0.112. The maximum atomic E-state index is 12.6. The van der Waals surface area contributed by atoms with E-state index < -0.39 is 15.6 Å². The van der Waals surface area contributed by atoms with Gasteiger partial charge in [-0.05, 0) is 18.6 Å². The molecule has 0 aliphatic carbocycles. The van der Waals surface area contributed by atoms with Gasteiger partial charge in [-0.1, -0.05) is 18.5 Å². The van der Waals surface area contributed by atoms with E-state index in [1.54, 1.807) is 12.3 Å². The van der Waals surface area contributed by atoms with E-state index >= 15 is 0 Å². The quantitative estimate of drug-likeness (QED) is 0.808. The summed E-state index contributed by atoms with van der Waals surface area (Å²) in [5.74, 6) is 0.814. The lowest BCUT2D eigenvalue weighted by atomic mass is 9.90. The van der Waals surface area contributed by atoms with Crippen molar-refractivity contribution in [1.82, 2.24) is 14.3 Å². The first-order chi connectivity index (χ1) is 11.4. The Labute approximate surface area is 149 Å². The molecule has 2 aromatic rings. The lowest BCUT2D eigenvalue weighted by Crippen LogP contribution is -2.60. The molecule has 0 N–H and O–H groups in total. The van der Waals surface area contributed by atoms with E-state index in [4.69, 9.17) is 16.3 Å². The van der Waals surface area contributed by atoms with Crippen molar-refractivity contribution in [3.63, 3.8) is 0 Å². The number of fused-ring (bicyclic) bond motifs is 2. The summed E-state index contributed by atoms with van der Waals surface area (Å²) in [5.41, 5.74) is 1.19. The summed E-state index contributed by atoms with van der Waals surface area (Å²) in [6.45, 7) is 3.07. The molecule has 4 rings (SSSR count). The smallest absolute Gasteiger partial charge is 0.252 e. The molecule has 6 nitrogen and oxygen atoms in total. The minimum atomic E-state index is -3.52. The van der Waals surface area contributed by atoms with Crippen LogP contribution in [-0.4, -0.2) is 35.8 Å². The molecule has 0 radical (unpaired) electrons. The van der Waals surface area contributed by atoms with Crippen LogP contribution in [0.3, 0.4) is 0 Å². The zero-order valence-corrected chi connectivity index (χ0v) is 15.4.